The van der Waals surface area contributed by atoms with Gasteiger partial charge in [0.1, 0.15) is 12.1 Å². The third-order valence-corrected chi connectivity index (χ3v) is 5.86. The van der Waals surface area contributed by atoms with Crippen molar-refractivity contribution in [1.82, 2.24) is 15.3 Å². The van der Waals surface area contributed by atoms with Gasteiger partial charge in [0.15, 0.2) is 0 Å². The molecule has 0 unspecified atom stereocenters. The first-order valence-electron chi connectivity index (χ1n) is 9.51. The zero-order valence-electron chi connectivity index (χ0n) is 15.1. The van der Waals surface area contributed by atoms with E-state index < -0.39 is 0 Å². The van der Waals surface area contributed by atoms with Crippen LogP contribution in [0.2, 0.25) is 0 Å². The van der Waals surface area contributed by atoms with Gasteiger partial charge in [0.25, 0.3) is 0 Å². The molecule has 2 aliphatic carbocycles. The van der Waals surface area contributed by atoms with Crippen molar-refractivity contribution >= 4 is 11.7 Å². The van der Waals surface area contributed by atoms with Crippen LogP contribution in [0.1, 0.15) is 38.3 Å². The first-order chi connectivity index (χ1) is 12.1. The highest BCUT2D eigenvalue weighted by Gasteiger charge is 2.43. The number of fused-ring (bicyclic) bond motifs is 1. The summed E-state index contributed by atoms with van der Waals surface area (Å²) < 4.78 is 6.23. The Morgan fingerprint density at radius 3 is 2.72 bits per heavy atom. The Labute approximate surface area is 149 Å². The molecular formula is C19H28N4O2. The topological polar surface area (TPSA) is 67.4 Å². The summed E-state index contributed by atoms with van der Waals surface area (Å²) in [7, 11) is 0. The summed E-state index contributed by atoms with van der Waals surface area (Å²) in [5.74, 6) is 3.02. The molecule has 2 heterocycles. The predicted molar refractivity (Wildman–Crippen MR) is 95.3 cm³/mol. The number of aromatic nitrogens is 2. The maximum Gasteiger partial charge on any atom is 0.217 e. The average Bonchev–Trinajstić information content (AvgIpc) is 3.30. The third kappa shape index (κ3) is 3.94. The second-order valence-corrected chi connectivity index (χ2v) is 8.04. The van der Waals surface area contributed by atoms with E-state index in [1.807, 2.05) is 6.92 Å². The molecule has 0 bridgehead atoms. The van der Waals surface area contributed by atoms with Crippen molar-refractivity contribution in [3.63, 3.8) is 0 Å². The molecule has 1 aliphatic heterocycles. The SMILES string of the molecule is CC(=O)N[C@@H]1C[C@@H]2CN(c3cc(C)ncn3)C[C@@H]2C[C@H]1OCC1CC1. The fraction of sp³-hybridized carbons (Fsp3) is 0.737. The first kappa shape index (κ1) is 16.8. The Bertz CT molecular complexity index is 634. The lowest BCUT2D eigenvalue weighted by molar-refractivity contribution is -0.122. The Morgan fingerprint density at radius 1 is 1.28 bits per heavy atom. The summed E-state index contributed by atoms with van der Waals surface area (Å²) in [6.45, 7) is 6.49. The van der Waals surface area contributed by atoms with Crippen molar-refractivity contribution in [1.29, 1.82) is 0 Å². The quantitative estimate of drug-likeness (QED) is 0.884. The Morgan fingerprint density at radius 2 is 2.04 bits per heavy atom. The normalized spacial score (nSPS) is 31.7. The number of anilines is 1. The van der Waals surface area contributed by atoms with Gasteiger partial charge in [-0.05, 0) is 50.4 Å². The molecule has 2 saturated carbocycles. The molecule has 1 amide bonds. The number of aryl methyl sites for hydroxylation is 1. The molecule has 6 heteroatoms. The number of nitrogens with one attached hydrogen (secondary N) is 1. The second-order valence-electron chi connectivity index (χ2n) is 8.04. The number of hydrogen-bond acceptors (Lipinski definition) is 5. The maximum atomic E-state index is 11.6. The number of hydrogen-bond donors (Lipinski definition) is 1. The second kappa shape index (κ2) is 6.90. The largest absolute Gasteiger partial charge is 0.376 e. The summed E-state index contributed by atoms with van der Waals surface area (Å²) in [6.07, 6.45) is 6.42. The van der Waals surface area contributed by atoms with Crippen LogP contribution in [0.25, 0.3) is 0 Å². The molecule has 1 N–H and O–H groups in total. The Balaban J connectivity index is 1.44. The van der Waals surface area contributed by atoms with Crippen molar-refractivity contribution < 1.29 is 9.53 Å². The van der Waals surface area contributed by atoms with Gasteiger partial charge in [-0.3, -0.25) is 4.79 Å². The smallest absolute Gasteiger partial charge is 0.217 e. The molecule has 3 aliphatic rings. The van der Waals surface area contributed by atoms with E-state index in [1.165, 1.54) is 12.8 Å². The highest BCUT2D eigenvalue weighted by molar-refractivity contribution is 5.73. The van der Waals surface area contributed by atoms with E-state index >= 15 is 0 Å². The van der Waals surface area contributed by atoms with E-state index in [9.17, 15) is 4.79 Å². The molecule has 0 radical (unpaired) electrons. The Hall–Kier alpha value is -1.69. The first-order valence-corrected chi connectivity index (χ1v) is 9.51. The number of rotatable bonds is 5. The number of amides is 1. The molecule has 1 aromatic rings. The number of carbonyl (C=O) groups is 1. The van der Waals surface area contributed by atoms with E-state index in [2.05, 4.69) is 26.3 Å². The lowest BCUT2D eigenvalue weighted by Gasteiger charge is -2.38. The van der Waals surface area contributed by atoms with Crippen molar-refractivity contribution in [2.24, 2.45) is 17.8 Å². The zero-order valence-corrected chi connectivity index (χ0v) is 15.1. The van der Waals surface area contributed by atoms with E-state index in [0.29, 0.717) is 11.8 Å². The molecular weight excluding hydrogens is 316 g/mol. The van der Waals surface area contributed by atoms with Crippen LogP contribution in [0.4, 0.5) is 5.82 Å². The van der Waals surface area contributed by atoms with Crippen LogP contribution in [-0.4, -0.2) is 47.7 Å². The molecule has 25 heavy (non-hydrogen) atoms. The van der Waals surface area contributed by atoms with Gasteiger partial charge in [-0.2, -0.15) is 0 Å². The van der Waals surface area contributed by atoms with E-state index in [-0.39, 0.29) is 18.1 Å². The van der Waals surface area contributed by atoms with Gasteiger partial charge in [-0.15, -0.1) is 0 Å². The summed E-state index contributed by atoms with van der Waals surface area (Å²) >= 11 is 0. The van der Waals surface area contributed by atoms with Crippen LogP contribution >= 0.6 is 0 Å². The minimum atomic E-state index is 0.0461. The van der Waals surface area contributed by atoms with Gasteiger partial charge in [-0.25, -0.2) is 9.97 Å². The molecule has 6 nitrogen and oxygen atoms in total. The van der Waals surface area contributed by atoms with E-state index in [1.54, 1.807) is 13.3 Å². The van der Waals surface area contributed by atoms with Crippen LogP contribution in [0.15, 0.2) is 12.4 Å². The van der Waals surface area contributed by atoms with Crippen LogP contribution in [-0.2, 0) is 9.53 Å². The van der Waals surface area contributed by atoms with Crippen LogP contribution in [0.3, 0.4) is 0 Å². The number of ether oxygens (including phenoxy) is 1. The minimum Gasteiger partial charge on any atom is -0.376 e. The number of carbonyl (C=O) groups excluding carboxylic acids is 1. The lowest BCUT2D eigenvalue weighted by atomic mass is 9.77. The molecule has 1 saturated heterocycles. The van der Waals surface area contributed by atoms with Crippen molar-refractivity contribution in [3.05, 3.63) is 18.1 Å². The molecule has 3 fully saturated rings. The molecule has 4 rings (SSSR count). The number of nitrogens with zero attached hydrogens (tertiary/aromatic N) is 3. The summed E-state index contributed by atoms with van der Waals surface area (Å²) in [4.78, 5) is 22.7. The van der Waals surface area contributed by atoms with Gasteiger partial charge < -0.3 is 15.0 Å². The summed E-state index contributed by atoms with van der Waals surface area (Å²) in [5, 5.41) is 3.14. The fourth-order valence-electron chi connectivity index (χ4n) is 4.36. The van der Waals surface area contributed by atoms with Crippen LogP contribution < -0.4 is 10.2 Å². The third-order valence-electron chi connectivity index (χ3n) is 5.86. The highest BCUT2D eigenvalue weighted by Crippen LogP contribution is 2.40. The summed E-state index contributed by atoms with van der Waals surface area (Å²) in [6, 6.07) is 2.20. The fourth-order valence-corrected chi connectivity index (χ4v) is 4.36. The van der Waals surface area contributed by atoms with Crippen molar-refractivity contribution in [2.75, 3.05) is 24.6 Å². The predicted octanol–water partition coefficient (Wildman–Crippen LogP) is 1.93. The van der Waals surface area contributed by atoms with Crippen molar-refractivity contribution in [3.8, 4) is 0 Å². The monoisotopic (exact) mass is 344 g/mol. The van der Waals surface area contributed by atoms with Crippen LogP contribution in [0.5, 0.6) is 0 Å². The van der Waals surface area contributed by atoms with Crippen LogP contribution in [0, 0.1) is 24.7 Å². The molecule has 0 aromatic carbocycles. The van der Waals surface area contributed by atoms with Gasteiger partial charge in [0, 0.05) is 38.4 Å². The highest BCUT2D eigenvalue weighted by atomic mass is 16.5. The van der Waals surface area contributed by atoms with E-state index in [0.717, 1.165) is 50.0 Å². The summed E-state index contributed by atoms with van der Waals surface area (Å²) in [5.41, 5.74) is 1.00. The van der Waals surface area contributed by atoms with Gasteiger partial charge in [-0.1, -0.05) is 0 Å². The molecule has 0 spiro atoms. The molecule has 1 aromatic heterocycles. The minimum absolute atomic E-state index is 0.0461. The Kier molecular flexibility index (Phi) is 4.63. The standard InChI is InChI=1S/C19H28N4O2/c1-12-5-19(21-11-20-12)23-8-15-6-17(22-13(2)24)18(7-16(15)9-23)25-10-14-3-4-14/h5,11,14-18H,3-4,6-10H2,1-2H3,(H,22,24)/t15-,16+,17-,18-/m1/s1. The lowest BCUT2D eigenvalue weighted by Crippen LogP contribution is -2.50. The van der Waals surface area contributed by atoms with Gasteiger partial charge in [0.2, 0.25) is 5.91 Å². The van der Waals surface area contributed by atoms with Gasteiger partial charge >= 0.3 is 0 Å². The van der Waals surface area contributed by atoms with Gasteiger partial charge in [0.05, 0.1) is 12.1 Å². The van der Waals surface area contributed by atoms with E-state index in [4.69, 9.17) is 4.74 Å². The average molecular weight is 344 g/mol. The molecule has 4 atom stereocenters. The maximum absolute atomic E-state index is 11.6. The zero-order chi connectivity index (χ0) is 17.4. The molecule has 136 valence electrons. The van der Waals surface area contributed by atoms with Crippen molar-refractivity contribution in [2.45, 2.75) is 51.7 Å².